The van der Waals surface area contributed by atoms with Crippen molar-refractivity contribution in [3.63, 3.8) is 0 Å². The van der Waals surface area contributed by atoms with Crippen molar-refractivity contribution in [1.29, 1.82) is 0 Å². The maximum absolute atomic E-state index is 14.0. The first kappa shape index (κ1) is 27.0. The van der Waals surface area contributed by atoms with Crippen LogP contribution < -0.4 is 5.32 Å². The Morgan fingerprint density at radius 2 is 1.66 bits per heavy atom. The van der Waals surface area contributed by atoms with Crippen LogP contribution in [0.15, 0.2) is 72.8 Å². The number of rotatable bonds is 11. The standard InChI is InChI=1S/C31H37N5O2/c1-22(2)17-19-32-31(38)30(26-15-13-23(3)14-16-26)35(20-18-25-10-6-5-9-24(25)4)29(37)21-36-28-12-8-7-11-27(28)33-34-36/h5-16,22,30H,17-21H2,1-4H3,(H,32,38)/t30-/m1/s1. The number of aromatic nitrogens is 3. The van der Waals surface area contributed by atoms with Crippen molar-refractivity contribution >= 4 is 22.8 Å². The number of amides is 2. The highest BCUT2D eigenvalue weighted by molar-refractivity contribution is 5.89. The van der Waals surface area contributed by atoms with Crippen molar-refractivity contribution in [3.05, 3.63) is 95.1 Å². The lowest BCUT2D eigenvalue weighted by molar-refractivity contribution is -0.141. The Labute approximate surface area is 224 Å². The summed E-state index contributed by atoms with van der Waals surface area (Å²) in [6.45, 7) is 9.29. The zero-order chi connectivity index (χ0) is 27.1. The van der Waals surface area contributed by atoms with Gasteiger partial charge in [-0.25, -0.2) is 4.68 Å². The minimum absolute atomic E-state index is 0.00405. The van der Waals surface area contributed by atoms with E-state index in [1.54, 1.807) is 9.58 Å². The minimum Gasteiger partial charge on any atom is -0.354 e. The van der Waals surface area contributed by atoms with Gasteiger partial charge in [0.2, 0.25) is 11.8 Å². The molecule has 1 heterocycles. The van der Waals surface area contributed by atoms with Gasteiger partial charge in [-0.05, 0) is 61.4 Å². The van der Waals surface area contributed by atoms with Crippen LogP contribution in [0, 0.1) is 19.8 Å². The van der Waals surface area contributed by atoms with Crippen molar-refractivity contribution in [2.75, 3.05) is 13.1 Å². The number of nitrogens with zero attached hydrogens (tertiary/aromatic N) is 4. The van der Waals surface area contributed by atoms with Crippen LogP contribution in [0.25, 0.3) is 11.0 Å². The number of aryl methyl sites for hydroxylation is 2. The molecule has 3 aromatic carbocycles. The zero-order valence-electron chi connectivity index (χ0n) is 22.7. The molecule has 0 saturated heterocycles. The van der Waals surface area contributed by atoms with E-state index in [4.69, 9.17) is 0 Å². The second-order valence-electron chi connectivity index (χ2n) is 10.3. The summed E-state index contributed by atoms with van der Waals surface area (Å²) < 4.78 is 1.61. The highest BCUT2D eigenvalue weighted by Gasteiger charge is 2.31. The summed E-state index contributed by atoms with van der Waals surface area (Å²) in [7, 11) is 0. The molecule has 0 saturated carbocycles. The predicted octanol–water partition coefficient (Wildman–Crippen LogP) is 5.02. The van der Waals surface area contributed by atoms with E-state index in [2.05, 4.69) is 48.5 Å². The van der Waals surface area contributed by atoms with Crippen LogP contribution in [-0.4, -0.2) is 44.8 Å². The van der Waals surface area contributed by atoms with Crippen LogP contribution in [-0.2, 0) is 22.6 Å². The molecule has 0 spiro atoms. The molecule has 1 atom stereocenters. The number of nitrogens with one attached hydrogen (secondary N) is 1. The Hall–Kier alpha value is -4.00. The molecule has 38 heavy (non-hydrogen) atoms. The van der Waals surface area contributed by atoms with Gasteiger partial charge in [0.1, 0.15) is 18.1 Å². The van der Waals surface area contributed by atoms with Crippen LogP contribution in [0.5, 0.6) is 0 Å². The molecule has 0 bridgehead atoms. The first-order valence-corrected chi connectivity index (χ1v) is 13.3. The minimum atomic E-state index is -0.755. The molecule has 7 heteroatoms. The summed E-state index contributed by atoms with van der Waals surface area (Å²) >= 11 is 0. The van der Waals surface area contributed by atoms with Crippen molar-refractivity contribution < 1.29 is 9.59 Å². The van der Waals surface area contributed by atoms with Crippen LogP contribution in [0.2, 0.25) is 0 Å². The average Bonchev–Trinajstić information content (AvgIpc) is 3.30. The van der Waals surface area contributed by atoms with Crippen molar-refractivity contribution in [2.24, 2.45) is 5.92 Å². The van der Waals surface area contributed by atoms with E-state index in [9.17, 15) is 9.59 Å². The Balaban J connectivity index is 1.68. The molecule has 0 fully saturated rings. The Kier molecular flexibility index (Phi) is 8.89. The average molecular weight is 512 g/mol. The summed E-state index contributed by atoms with van der Waals surface area (Å²) in [6.07, 6.45) is 1.51. The fraction of sp³-hybridized carbons (Fsp3) is 0.355. The number of hydrogen-bond donors (Lipinski definition) is 1. The molecule has 0 aliphatic heterocycles. The first-order chi connectivity index (χ1) is 18.3. The van der Waals surface area contributed by atoms with E-state index in [1.807, 2.05) is 67.6 Å². The van der Waals surface area contributed by atoms with E-state index in [0.29, 0.717) is 25.4 Å². The second-order valence-corrected chi connectivity index (χ2v) is 10.3. The van der Waals surface area contributed by atoms with Crippen LogP contribution in [0.3, 0.4) is 0 Å². The monoisotopic (exact) mass is 511 g/mol. The molecule has 198 valence electrons. The molecule has 1 N–H and O–H groups in total. The third kappa shape index (κ3) is 6.65. The largest absolute Gasteiger partial charge is 0.354 e. The lowest BCUT2D eigenvalue weighted by Gasteiger charge is -2.32. The number of carbonyl (C=O) groups excluding carboxylic acids is 2. The van der Waals surface area contributed by atoms with Crippen LogP contribution in [0.1, 0.15) is 48.6 Å². The lowest BCUT2D eigenvalue weighted by atomic mass is 10.0. The third-order valence-corrected chi connectivity index (χ3v) is 6.88. The molecule has 0 aliphatic carbocycles. The Bertz CT molecular complexity index is 1380. The topological polar surface area (TPSA) is 80.1 Å². The first-order valence-electron chi connectivity index (χ1n) is 13.3. The van der Waals surface area contributed by atoms with Gasteiger partial charge in [-0.1, -0.05) is 85.3 Å². The molecule has 0 aliphatic rings. The third-order valence-electron chi connectivity index (χ3n) is 6.88. The van der Waals surface area contributed by atoms with Gasteiger partial charge in [-0.2, -0.15) is 0 Å². The molecule has 7 nitrogen and oxygen atoms in total. The fourth-order valence-corrected chi connectivity index (χ4v) is 4.58. The van der Waals surface area contributed by atoms with E-state index in [-0.39, 0.29) is 18.4 Å². The van der Waals surface area contributed by atoms with Gasteiger partial charge in [0.05, 0.1) is 5.52 Å². The van der Waals surface area contributed by atoms with Gasteiger partial charge in [0.25, 0.3) is 0 Å². The summed E-state index contributed by atoms with van der Waals surface area (Å²) in [5.74, 6) is 0.113. The number of fused-ring (bicyclic) bond motifs is 1. The predicted molar refractivity (Wildman–Crippen MR) is 151 cm³/mol. The van der Waals surface area contributed by atoms with Crippen molar-refractivity contribution in [1.82, 2.24) is 25.2 Å². The molecule has 0 radical (unpaired) electrons. The van der Waals surface area contributed by atoms with E-state index >= 15 is 0 Å². The number of hydrogen-bond acceptors (Lipinski definition) is 4. The molecular formula is C31H37N5O2. The van der Waals surface area contributed by atoms with Gasteiger partial charge in [-0.15, -0.1) is 5.10 Å². The lowest BCUT2D eigenvalue weighted by Crippen LogP contribution is -2.46. The number of benzene rings is 3. The van der Waals surface area contributed by atoms with Gasteiger partial charge in [0, 0.05) is 13.1 Å². The highest BCUT2D eigenvalue weighted by atomic mass is 16.2. The van der Waals surface area contributed by atoms with E-state index in [0.717, 1.165) is 39.7 Å². The second kappa shape index (κ2) is 12.5. The SMILES string of the molecule is Cc1ccc([C@H](C(=O)NCCC(C)C)N(CCc2ccccc2C)C(=O)Cn2nnc3ccccc32)cc1. The maximum Gasteiger partial charge on any atom is 0.247 e. The van der Waals surface area contributed by atoms with Gasteiger partial charge in [0.15, 0.2) is 0 Å². The van der Waals surface area contributed by atoms with E-state index < -0.39 is 6.04 Å². The molecular weight excluding hydrogens is 474 g/mol. The van der Waals surface area contributed by atoms with Gasteiger partial charge >= 0.3 is 0 Å². The molecule has 4 aromatic rings. The zero-order valence-corrected chi connectivity index (χ0v) is 22.7. The van der Waals surface area contributed by atoms with Gasteiger partial charge in [-0.3, -0.25) is 9.59 Å². The van der Waals surface area contributed by atoms with Crippen molar-refractivity contribution in [2.45, 2.75) is 53.1 Å². The number of para-hydroxylation sites is 1. The van der Waals surface area contributed by atoms with Crippen molar-refractivity contribution in [3.8, 4) is 0 Å². The molecule has 2 amide bonds. The maximum atomic E-state index is 14.0. The van der Waals surface area contributed by atoms with Gasteiger partial charge < -0.3 is 10.2 Å². The van der Waals surface area contributed by atoms with Crippen LogP contribution in [0.4, 0.5) is 0 Å². The Morgan fingerprint density at radius 3 is 2.39 bits per heavy atom. The highest BCUT2D eigenvalue weighted by Crippen LogP contribution is 2.24. The van der Waals surface area contributed by atoms with Crippen LogP contribution >= 0.6 is 0 Å². The summed E-state index contributed by atoms with van der Waals surface area (Å²) in [6, 6.07) is 22.8. The van der Waals surface area contributed by atoms with E-state index in [1.165, 1.54) is 0 Å². The molecule has 4 rings (SSSR count). The summed E-state index contributed by atoms with van der Waals surface area (Å²) in [5.41, 5.74) is 5.72. The molecule has 1 aromatic heterocycles. The smallest absolute Gasteiger partial charge is 0.247 e. The summed E-state index contributed by atoms with van der Waals surface area (Å²) in [4.78, 5) is 29.4. The number of carbonyl (C=O) groups is 2. The fourth-order valence-electron chi connectivity index (χ4n) is 4.58. The quantitative estimate of drug-likeness (QED) is 0.307. The molecule has 0 unspecified atom stereocenters. The normalized spacial score (nSPS) is 12.0. The summed E-state index contributed by atoms with van der Waals surface area (Å²) in [5, 5.41) is 11.5. The Morgan fingerprint density at radius 1 is 0.947 bits per heavy atom.